The Balaban J connectivity index is 2.28. The molecule has 0 atom stereocenters. The smallest absolute Gasteiger partial charge is 0.354 e. The number of aromatic nitrogens is 1. The summed E-state index contributed by atoms with van der Waals surface area (Å²) in [6.07, 6.45) is -8.11. The van der Waals surface area contributed by atoms with Crippen LogP contribution in [0.15, 0.2) is 45.8 Å². The molecular weight excluding hydrogens is 445 g/mol. The topological polar surface area (TPSA) is 86.2 Å². The minimum atomic E-state index is -4.82. The summed E-state index contributed by atoms with van der Waals surface area (Å²) in [5, 5.41) is 8.05. The molecule has 1 aromatic heterocycles. The first-order valence-corrected chi connectivity index (χ1v) is 9.33. The number of hydrogen-bond acceptors (Lipinski definition) is 4. The molecule has 0 saturated carbocycles. The van der Waals surface area contributed by atoms with Crippen LogP contribution in [0, 0.1) is 11.6 Å². The van der Waals surface area contributed by atoms with Crippen molar-refractivity contribution in [1.29, 1.82) is 0 Å². The van der Waals surface area contributed by atoms with Gasteiger partial charge < -0.3 is 4.52 Å². The van der Waals surface area contributed by atoms with Crippen LogP contribution in [0.5, 0.6) is 0 Å². The average molecular weight is 454 g/mol. The molecule has 0 spiro atoms. The van der Waals surface area contributed by atoms with Crippen molar-refractivity contribution >= 4 is 10.0 Å². The molecule has 13 heteroatoms. The van der Waals surface area contributed by atoms with Crippen LogP contribution in [0.4, 0.5) is 30.7 Å². The van der Waals surface area contributed by atoms with Gasteiger partial charge >= 0.3 is 6.18 Å². The van der Waals surface area contributed by atoms with Gasteiger partial charge in [0, 0.05) is 5.56 Å². The van der Waals surface area contributed by atoms with Gasteiger partial charge in [-0.15, -0.1) is 0 Å². The van der Waals surface area contributed by atoms with Crippen molar-refractivity contribution in [3.05, 3.63) is 59.4 Å². The van der Waals surface area contributed by atoms with Crippen LogP contribution in [0.25, 0.3) is 22.4 Å². The molecule has 0 bridgehead atoms. The van der Waals surface area contributed by atoms with E-state index >= 15 is 0 Å². The largest absolute Gasteiger partial charge is 0.416 e. The quantitative estimate of drug-likeness (QED) is 0.569. The Morgan fingerprint density at radius 3 is 2.10 bits per heavy atom. The molecule has 0 unspecified atom stereocenters. The summed E-state index contributed by atoms with van der Waals surface area (Å²) in [6, 6.07) is 4.15. The first-order valence-electron chi connectivity index (χ1n) is 7.78. The van der Waals surface area contributed by atoms with E-state index in [-0.39, 0.29) is 5.56 Å². The monoisotopic (exact) mass is 454 g/mol. The second kappa shape index (κ2) is 7.40. The Labute approximate surface area is 164 Å². The van der Waals surface area contributed by atoms with Gasteiger partial charge in [0.25, 0.3) is 6.43 Å². The maximum atomic E-state index is 14.2. The molecule has 0 fully saturated rings. The highest BCUT2D eigenvalue weighted by Crippen LogP contribution is 2.41. The molecule has 0 amide bonds. The minimum Gasteiger partial charge on any atom is -0.354 e. The standard InChI is InChI=1S/C17H9F7N2O3S/c18-10-5-8(6-11(19)15(10)30(25,27)28)12-13(26-29-14(12)16(20)21)7-2-1-3-9(4-7)17(22,23)24/h1-6,16H,(H2,25,27,28). The van der Waals surface area contributed by atoms with E-state index in [1.54, 1.807) is 0 Å². The fourth-order valence-corrected chi connectivity index (χ4v) is 3.41. The van der Waals surface area contributed by atoms with Gasteiger partial charge in [0.15, 0.2) is 4.90 Å². The predicted octanol–water partition coefficient (Wildman–Crippen LogP) is 4.89. The lowest BCUT2D eigenvalue weighted by Gasteiger charge is -2.10. The molecule has 0 aliphatic rings. The van der Waals surface area contributed by atoms with Crippen LogP contribution in [-0.2, 0) is 16.2 Å². The van der Waals surface area contributed by atoms with Crippen molar-refractivity contribution < 1.29 is 43.7 Å². The van der Waals surface area contributed by atoms with Crippen LogP contribution in [0.2, 0.25) is 0 Å². The predicted molar refractivity (Wildman–Crippen MR) is 88.6 cm³/mol. The third kappa shape index (κ3) is 4.03. The Morgan fingerprint density at radius 1 is 1.00 bits per heavy atom. The average Bonchev–Trinajstić information content (AvgIpc) is 3.04. The van der Waals surface area contributed by atoms with Crippen LogP contribution in [0.1, 0.15) is 17.7 Å². The van der Waals surface area contributed by atoms with Gasteiger partial charge in [0.2, 0.25) is 15.8 Å². The lowest BCUT2D eigenvalue weighted by Crippen LogP contribution is -2.16. The van der Waals surface area contributed by atoms with E-state index in [0.29, 0.717) is 18.2 Å². The molecule has 0 saturated heterocycles. The third-order valence-corrected chi connectivity index (χ3v) is 4.91. The minimum absolute atomic E-state index is 0.327. The van der Waals surface area contributed by atoms with E-state index in [1.807, 2.05) is 0 Å². The molecule has 30 heavy (non-hydrogen) atoms. The Bertz CT molecular complexity index is 1200. The van der Waals surface area contributed by atoms with Crippen molar-refractivity contribution in [3.63, 3.8) is 0 Å². The number of hydrogen-bond donors (Lipinski definition) is 1. The zero-order chi connectivity index (χ0) is 22.4. The van der Waals surface area contributed by atoms with E-state index in [0.717, 1.165) is 18.2 Å². The fraction of sp³-hybridized carbons (Fsp3) is 0.118. The van der Waals surface area contributed by atoms with Gasteiger partial charge in [-0.2, -0.15) is 13.2 Å². The zero-order valence-electron chi connectivity index (χ0n) is 14.3. The summed E-state index contributed by atoms with van der Waals surface area (Å²) in [6.45, 7) is 0. The summed E-state index contributed by atoms with van der Waals surface area (Å²) in [4.78, 5) is -1.50. The highest BCUT2D eigenvalue weighted by Gasteiger charge is 2.32. The second-order valence-corrected chi connectivity index (χ2v) is 7.46. The normalized spacial score (nSPS) is 12.6. The van der Waals surface area contributed by atoms with Crippen molar-refractivity contribution in [2.24, 2.45) is 5.14 Å². The second-order valence-electron chi connectivity index (χ2n) is 5.96. The first kappa shape index (κ1) is 21.8. The SMILES string of the molecule is NS(=O)(=O)c1c(F)cc(-c2c(-c3cccc(C(F)(F)F)c3)noc2C(F)F)cc1F. The molecular formula is C17H9F7N2O3S. The summed E-state index contributed by atoms with van der Waals surface area (Å²) in [7, 11) is -4.82. The highest BCUT2D eigenvalue weighted by molar-refractivity contribution is 7.89. The van der Waals surface area contributed by atoms with Crippen LogP contribution < -0.4 is 5.14 Å². The molecule has 2 aromatic carbocycles. The summed E-state index contributed by atoms with van der Waals surface area (Å²) in [5.41, 5.74) is -3.36. The maximum absolute atomic E-state index is 14.2. The first-order chi connectivity index (χ1) is 13.8. The van der Waals surface area contributed by atoms with Gasteiger partial charge in [-0.25, -0.2) is 31.1 Å². The molecule has 2 N–H and O–H groups in total. The summed E-state index contributed by atoms with van der Waals surface area (Å²) < 4.78 is 121. The van der Waals surface area contributed by atoms with E-state index in [9.17, 15) is 39.2 Å². The molecule has 3 aromatic rings. The van der Waals surface area contributed by atoms with Crippen molar-refractivity contribution in [3.8, 4) is 22.4 Å². The van der Waals surface area contributed by atoms with Crippen LogP contribution >= 0.6 is 0 Å². The van der Waals surface area contributed by atoms with Crippen molar-refractivity contribution in [2.75, 3.05) is 0 Å². The number of nitrogens with zero attached hydrogens (tertiary/aromatic N) is 1. The molecule has 3 rings (SSSR count). The zero-order valence-corrected chi connectivity index (χ0v) is 15.2. The highest BCUT2D eigenvalue weighted by atomic mass is 32.2. The molecule has 1 heterocycles. The van der Waals surface area contributed by atoms with E-state index in [2.05, 4.69) is 9.68 Å². The maximum Gasteiger partial charge on any atom is 0.416 e. The molecule has 0 radical (unpaired) electrons. The summed E-state index contributed by atoms with van der Waals surface area (Å²) in [5.74, 6) is -4.56. The van der Waals surface area contributed by atoms with Gasteiger partial charge in [0.1, 0.15) is 17.3 Å². The lowest BCUT2D eigenvalue weighted by molar-refractivity contribution is -0.137. The molecule has 5 nitrogen and oxygen atoms in total. The Kier molecular flexibility index (Phi) is 5.37. The number of alkyl halides is 5. The number of halogens is 7. The number of rotatable bonds is 4. The van der Waals surface area contributed by atoms with E-state index in [4.69, 9.17) is 5.14 Å². The van der Waals surface area contributed by atoms with Gasteiger partial charge in [-0.05, 0) is 29.8 Å². The van der Waals surface area contributed by atoms with Crippen LogP contribution in [0.3, 0.4) is 0 Å². The Morgan fingerprint density at radius 2 is 1.60 bits per heavy atom. The van der Waals surface area contributed by atoms with E-state index in [1.165, 1.54) is 0 Å². The molecule has 0 aliphatic carbocycles. The lowest BCUT2D eigenvalue weighted by atomic mass is 9.97. The van der Waals surface area contributed by atoms with Gasteiger partial charge in [0.05, 0.1) is 11.1 Å². The van der Waals surface area contributed by atoms with Crippen LogP contribution in [-0.4, -0.2) is 13.6 Å². The Hall–Kier alpha value is -2.93. The molecule has 160 valence electrons. The van der Waals surface area contributed by atoms with Gasteiger partial charge in [-0.1, -0.05) is 17.3 Å². The van der Waals surface area contributed by atoms with Crippen molar-refractivity contribution in [1.82, 2.24) is 5.16 Å². The fourth-order valence-electron chi connectivity index (χ4n) is 2.75. The number of benzene rings is 2. The van der Waals surface area contributed by atoms with E-state index < -0.39 is 67.3 Å². The van der Waals surface area contributed by atoms with Crippen molar-refractivity contribution in [2.45, 2.75) is 17.5 Å². The summed E-state index contributed by atoms with van der Waals surface area (Å²) >= 11 is 0. The number of nitrogens with two attached hydrogens (primary N) is 1. The molecule has 0 aliphatic heterocycles. The van der Waals surface area contributed by atoms with Gasteiger partial charge in [-0.3, -0.25) is 0 Å². The number of sulfonamides is 1. The third-order valence-electron chi connectivity index (χ3n) is 3.95. The number of primary sulfonamides is 1.